The highest BCUT2D eigenvalue weighted by Gasteiger charge is 2.03. The van der Waals surface area contributed by atoms with Crippen LogP contribution in [0.2, 0.25) is 0 Å². The first-order valence-corrected chi connectivity index (χ1v) is 4.78. The molecule has 1 aromatic rings. The van der Waals surface area contributed by atoms with Gasteiger partial charge in [0.2, 0.25) is 0 Å². The molecule has 13 heavy (non-hydrogen) atoms. The Morgan fingerprint density at radius 2 is 1.92 bits per heavy atom. The van der Waals surface area contributed by atoms with Crippen molar-refractivity contribution in [2.45, 2.75) is 0 Å². The molecular formula is C6H8FN3O2S. The summed E-state index contributed by atoms with van der Waals surface area (Å²) < 4.78 is 35.6. The molecule has 0 aromatic heterocycles. The van der Waals surface area contributed by atoms with Crippen molar-refractivity contribution in [2.24, 2.45) is 5.14 Å². The minimum Gasteiger partial charge on any atom is -0.399 e. The van der Waals surface area contributed by atoms with E-state index in [0.29, 0.717) is 0 Å². The maximum absolute atomic E-state index is 12.6. The Bertz CT molecular complexity index is 398. The van der Waals surface area contributed by atoms with E-state index in [1.54, 1.807) is 0 Å². The van der Waals surface area contributed by atoms with Gasteiger partial charge in [0.05, 0.1) is 5.69 Å². The van der Waals surface area contributed by atoms with Gasteiger partial charge in [-0.2, -0.15) is 8.42 Å². The highest BCUT2D eigenvalue weighted by atomic mass is 32.2. The first-order valence-electron chi connectivity index (χ1n) is 3.23. The van der Waals surface area contributed by atoms with Gasteiger partial charge in [-0.1, -0.05) is 0 Å². The highest BCUT2D eigenvalue weighted by Crippen LogP contribution is 2.15. The van der Waals surface area contributed by atoms with Gasteiger partial charge < -0.3 is 5.73 Å². The third-order valence-corrected chi connectivity index (χ3v) is 1.70. The average molecular weight is 205 g/mol. The summed E-state index contributed by atoms with van der Waals surface area (Å²) in [5.41, 5.74) is 5.38. The third-order valence-electron chi connectivity index (χ3n) is 1.18. The fourth-order valence-corrected chi connectivity index (χ4v) is 1.28. The van der Waals surface area contributed by atoms with Crippen molar-refractivity contribution in [1.29, 1.82) is 0 Å². The van der Waals surface area contributed by atoms with Crippen molar-refractivity contribution >= 4 is 21.6 Å². The van der Waals surface area contributed by atoms with Crippen LogP contribution in [-0.2, 0) is 10.2 Å². The molecule has 0 saturated carbocycles. The SMILES string of the molecule is Nc1cc(F)cc(NS(N)(=O)=O)c1. The molecule has 0 spiro atoms. The van der Waals surface area contributed by atoms with Crippen molar-refractivity contribution < 1.29 is 12.8 Å². The van der Waals surface area contributed by atoms with Crippen molar-refractivity contribution in [3.63, 3.8) is 0 Å². The molecule has 72 valence electrons. The van der Waals surface area contributed by atoms with Gasteiger partial charge in [-0.15, -0.1) is 0 Å². The number of nitrogens with one attached hydrogen (secondary N) is 1. The summed E-state index contributed by atoms with van der Waals surface area (Å²) >= 11 is 0. The fraction of sp³-hybridized carbons (Fsp3) is 0. The molecule has 0 aliphatic carbocycles. The van der Waals surface area contributed by atoms with Crippen molar-refractivity contribution in [2.75, 3.05) is 10.5 Å². The number of anilines is 2. The summed E-state index contributed by atoms with van der Waals surface area (Å²) in [6.45, 7) is 0. The minimum absolute atomic E-state index is 0.000000000000000444. The van der Waals surface area contributed by atoms with Crippen molar-refractivity contribution in [3.05, 3.63) is 24.0 Å². The Morgan fingerprint density at radius 1 is 1.31 bits per heavy atom. The van der Waals surface area contributed by atoms with Crippen LogP contribution >= 0.6 is 0 Å². The predicted octanol–water partition coefficient (Wildman–Crippen LogP) is 0.0233. The topological polar surface area (TPSA) is 98.2 Å². The largest absolute Gasteiger partial charge is 0.399 e. The van der Waals surface area contributed by atoms with E-state index in [1.807, 2.05) is 4.72 Å². The van der Waals surface area contributed by atoms with Gasteiger partial charge in [-0.3, -0.25) is 4.72 Å². The van der Waals surface area contributed by atoms with Crippen LogP contribution in [0.1, 0.15) is 0 Å². The summed E-state index contributed by atoms with van der Waals surface area (Å²) in [7, 11) is -3.88. The lowest BCUT2D eigenvalue weighted by Crippen LogP contribution is -2.21. The van der Waals surface area contributed by atoms with E-state index in [0.717, 1.165) is 12.1 Å². The Kier molecular flexibility index (Phi) is 2.39. The molecule has 0 bridgehead atoms. The first kappa shape index (κ1) is 9.75. The Balaban J connectivity index is 3.03. The molecule has 7 heteroatoms. The van der Waals surface area contributed by atoms with E-state index in [2.05, 4.69) is 5.14 Å². The van der Waals surface area contributed by atoms with Crippen molar-refractivity contribution in [3.8, 4) is 0 Å². The van der Waals surface area contributed by atoms with Gasteiger partial charge >= 0.3 is 0 Å². The summed E-state index contributed by atoms with van der Waals surface area (Å²) in [5.74, 6) is -0.633. The lowest BCUT2D eigenvalue weighted by Gasteiger charge is -2.03. The molecule has 1 rings (SSSR count). The molecule has 0 fully saturated rings. The summed E-state index contributed by atoms with van der Waals surface area (Å²) in [6.07, 6.45) is 0. The molecule has 0 heterocycles. The zero-order chi connectivity index (χ0) is 10.1. The molecule has 5 nitrogen and oxygen atoms in total. The number of halogens is 1. The number of nitrogens with two attached hydrogens (primary N) is 2. The second kappa shape index (κ2) is 3.19. The zero-order valence-electron chi connectivity index (χ0n) is 6.49. The van der Waals surface area contributed by atoms with Gasteiger partial charge in [-0.25, -0.2) is 9.53 Å². The van der Waals surface area contributed by atoms with E-state index in [-0.39, 0.29) is 11.4 Å². The molecule has 0 aliphatic rings. The standard InChI is InChI=1S/C6H8FN3O2S/c7-4-1-5(8)3-6(2-4)10-13(9,11)12/h1-3,10H,8H2,(H2,9,11,12). The summed E-state index contributed by atoms with van der Waals surface area (Å²) in [6, 6.07) is 3.29. The van der Waals surface area contributed by atoms with E-state index in [4.69, 9.17) is 5.73 Å². The van der Waals surface area contributed by atoms with Crippen LogP contribution in [0.25, 0.3) is 0 Å². The molecule has 5 N–H and O–H groups in total. The monoisotopic (exact) mass is 205 g/mol. The van der Waals surface area contributed by atoms with Crippen LogP contribution in [0.5, 0.6) is 0 Å². The Labute approximate surface area is 74.7 Å². The lowest BCUT2D eigenvalue weighted by molar-refractivity contribution is 0.602. The van der Waals surface area contributed by atoms with Crippen LogP contribution in [-0.4, -0.2) is 8.42 Å². The van der Waals surface area contributed by atoms with Gasteiger partial charge in [0, 0.05) is 5.69 Å². The summed E-state index contributed by atoms with van der Waals surface area (Å²) in [4.78, 5) is 0. The maximum atomic E-state index is 12.6. The summed E-state index contributed by atoms with van der Waals surface area (Å²) in [5, 5.41) is 4.67. The number of hydrogen-bond acceptors (Lipinski definition) is 3. The van der Waals surface area contributed by atoms with Gasteiger partial charge in [-0.05, 0) is 18.2 Å². The predicted molar refractivity (Wildman–Crippen MR) is 47.5 cm³/mol. The normalized spacial score (nSPS) is 11.2. The quantitative estimate of drug-likeness (QED) is 0.594. The maximum Gasteiger partial charge on any atom is 0.296 e. The highest BCUT2D eigenvalue weighted by molar-refractivity contribution is 7.90. The van der Waals surface area contributed by atoms with E-state index >= 15 is 0 Å². The van der Waals surface area contributed by atoms with E-state index < -0.39 is 16.0 Å². The molecule has 0 radical (unpaired) electrons. The Hall–Kier alpha value is -1.34. The Morgan fingerprint density at radius 3 is 2.38 bits per heavy atom. The molecule has 0 unspecified atom stereocenters. The third kappa shape index (κ3) is 3.26. The van der Waals surface area contributed by atoms with Gasteiger partial charge in [0.15, 0.2) is 0 Å². The number of nitrogen functional groups attached to an aromatic ring is 1. The van der Waals surface area contributed by atoms with Crippen LogP contribution < -0.4 is 15.6 Å². The minimum atomic E-state index is -3.88. The molecule has 0 amide bonds. The molecular weight excluding hydrogens is 197 g/mol. The van der Waals surface area contributed by atoms with Crippen LogP contribution in [0.3, 0.4) is 0 Å². The zero-order valence-corrected chi connectivity index (χ0v) is 7.31. The van der Waals surface area contributed by atoms with Crippen LogP contribution in [0.15, 0.2) is 18.2 Å². The van der Waals surface area contributed by atoms with Crippen LogP contribution in [0, 0.1) is 5.82 Å². The first-order chi connectivity index (χ1) is 5.87. The fourth-order valence-electron chi connectivity index (χ4n) is 0.836. The second-order valence-corrected chi connectivity index (χ2v) is 3.71. The number of hydrogen-bond donors (Lipinski definition) is 3. The average Bonchev–Trinajstić information content (AvgIpc) is 1.78. The molecule has 0 atom stereocenters. The molecule has 1 aromatic carbocycles. The molecule has 0 saturated heterocycles. The smallest absolute Gasteiger partial charge is 0.296 e. The number of benzene rings is 1. The van der Waals surface area contributed by atoms with E-state index in [9.17, 15) is 12.8 Å². The second-order valence-electron chi connectivity index (χ2n) is 2.42. The van der Waals surface area contributed by atoms with E-state index in [1.165, 1.54) is 6.07 Å². The van der Waals surface area contributed by atoms with Crippen LogP contribution in [0.4, 0.5) is 15.8 Å². The lowest BCUT2D eigenvalue weighted by atomic mass is 10.3. The molecule has 0 aliphatic heterocycles. The number of rotatable bonds is 2. The van der Waals surface area contributed by atoms with Gasteiger partial charge in [0.1, 0.15) is 5.82 Å². The van der Waals surface area contributed by atoms with Crippen molar-refractivity contribution in [1.82, 2.24) is 0 Å². The van der Waals surface area contributed by atoms with Gasteiger partial charge in [0.25, 0.3) is 10.2 Å².